The minimum atomic E-state index is -2.76. The minimum Gasteiger partial charge on any atom is -0.394 e. The van der Waals surface area contributed by atoms with Crippen LogP contribution in [0, 0.1) is 0 Å². The van der Waals surface area contributed by atoms with Gasteiger partial charge in [-0.1, -0.05) is 0 Å². The smallest absolute Gasteiger partial charge is 0.217 e. The summed E-state index contributed by atoms with van der Waals surface area (Å²) in [5, 5.41) is 385. The Labute approximate surface area is 837 Å². The van der Waals surface area contributed by atoms with Gasteiger partial charge in [-0.3, -0.25) is 24.0 Å². The molecule has 0 aromatic heterocycles. The van der Waals surface area contributed by atoms with Crippen molar-refractivity contribution in [2.75, 3.05) is 79.3 Å². The Morgan fingerprint density at radius 3 is 0.628 bits per heavy atom. The van der Waals surface area contributed by atoms with E-state index in [1.165, 1.54) is 0 Å². The largest absolute Gasteiger partial charge is 0.394 e. The molecular weight excluding hydrogens is 2030 g/mol. The first-order valence-corrected chi connectivity index (χ1v) is 47.2. The van der Waals surface area contributed by atoms with E-state index >= 15 is 0 Å². The van der Waals surface area contributed by atoms with Gasteiger partial charge in [0.05, 0.1) is 79.3 Å². The zero-order valence-electron chi connectivity index (χ0n) is 79.3. The number of hydrogen-bond donors (Lipinski definition) is 38. The van der Waals surface area contributed by atoms with Crippen LogP contribution in [0.5, 0.6) is 0 Å². The number of aliphatic hydroxyl groups excluding tert-OH is 33. The van der Waals surface area contributed by atoms with Crippen molar-refractivity contribution < 1.29 is 301 Å². The van der Waals surface area contributed by atoms with Gasteiger partial charge >= 0.3 is 0 Å². The van der Waals surface area contributed by atoms with Crippen molar-refractivity contribution in [3.05, 3.63) is 0 Å². The van der Waals surface area contributed by atoms with Crippen LogP contribution < -0.4 is 26.6 Å². The van der Waals surface area contributed by atoms with Crippen LogP contribution >= 0.6 is 0 Å². The molecule has 12 aliphatic rings. The number of hydrogen-bond acceptors (Lipinski definition) is 61. The topological polar surface area (TPSA) is 1030 Å². The molecule has 60 atom stereocenters. The number of ether oxygens (including phenoxy) is 23. The third-order valence-corrected chi connectivity index (χ3v) is 27.1. The van der Waals surface area contributed by atoms with Crippen molar-refractivity contribution >= 4 is 29.5 Å². The number of rotatable bonds is 39. The maximum atomic E-state index is 13.5. The number of amides is 5. The van der Waals surface area contributed by atoms with Gasteiger partial charge in [0.15, 0.2) is 75.5 Å². The van der Waals surface area contributed by atoms with E-state index in [1.54, 1.807) is 0 Å². The fraction of sp³-hybridized carbons (Fsp3) is 0.939. The van der Waals surface area contributed by atoms with Crippen LogP contribution in [0.25, 0.3) is 0 Å². The van der Waals surface area contributed by atoms with Crippen LogP contribution in [0.4, 0.5) is 0 Å². The third kappa shape index (κ3) is 26.7. The van der Waals surface area contributed by atoms with Gasteiger partial charge in [0.1, 0.15) is 293 Å². The van der Waals surface area contributed by atoms with Crippen LogP contribution in [-0.4, -0.2) is 645 Å². The fourth-order valence-electron chi connectivity index (χ4n) is 19.3. The van der Waals surface area contributed by atoms with Crippen molar-refractivity contribution in [3.63, 3.8) is 0 Å². The van der Waals surface area contributed by atoms with E-state index in [9.17, 15) is 192 Å². The lowest BCUT2D eigenvalue weighted by Gasteiger charge is -2.52. The molecule has 0 aromatic rings. The van der Waals surface area contributed by atoms with E-state index in [0.717, 1.165) is 34.6 Å². The molecule has 0 aliphatic carbocycles. The average molecular weight is 2170 g/mol. The number of nitrogens with one attached hydrogen (secondary N) is 5. The van der Waals surface area contributed by atoms with Crippen molar-refractivity contribution in [2.45, 2.75) is 403 Å². The zero-order valence-corrected chi connectivity index (χ0v) is 79.3. The predicted molar refractivity (Wildman–Crippen MR) is 453 cm³/mol. The first-order valence-electron chi connectivity index (χ1n) is 47.2. The molecule has 0 aromatic carbocycles. The van der Waals surface area contributed by atoms with E-state index in [-0.39, 0.29) is 0 Å². The monoisotopic (exact) mass is 2170 g/mol. The SMILES string of the molecule is CC(=O)N[C@@H]1[C@@H](O)[C@H](O[C@@H]2O[C@H](CO[C@H]3O[C@H](CO)[C@@H](O[C@@H]4O[C@H](CO)[C@@H](O[C@@H]5O[C@H](CO)[C@H](O)[C@H](O)[C@H]5O)[C@H](O)[C@H]4NC(C)=O)[C@H](O)[C@@H]3O[C@@H]3O[C@H](CO)[C@@H](O[C@@H]4O[C@H](CO)[C@H](O)[C@H](O)[C@@H]4O)[C@H](O)[C@H]3NC(C)=O)[C@@H](O)[C@H](O[C@H]3O[C@H](CO)[C@@H](O[C@@H]4O[C@H](CO)[C@@H](O[C@@H]5O[C@H](CO)[C@H](O)[C@H](O)[C@H]5O)[C@H](O)[C@H]4NC(C)=O)[C@H](O)[C@@H]3O[C@@H]3O[C@H](CO)[C@@H](O[C@@H]4O[C@H](CO)[C@H](O)[C@H](O)[C@H]4O)[C@H](O)[C@H]3NC(C)=O)[C@@H]2O)[C@@H](CO)O[C@H]1O. The van der Waals surface area contributed by atoms with Crippen molar-refractivity contribution in [3.8, 4) is 0 Å². The quantitative estimate of drug-likeness (QED) is 0.0272. The summed E-state index contributed by atoms with van der Waals surface area (Å²) < 4.78 is 139. The molecule has 0 spiro atoms. The number of aliphatic hydroxyl groups is 33. The summed E-state index contributed by atoms with van der Waals surface area (Å²) in [6.45, 7) is -10.1. The zero-order chi connectivity index (χ0) is 109. The Kier molecular flexibility index (Phi) is 43.9. The summed E-state index contributed by atoms with van der Waals surface area (Å²) in [5.74, 6) is -5.14. The Hall–Kier alpha value is -4.89. The molecule has 38 N–H and O–H groups in total. The molecule has 0 radical (unpaired) electrons. The molecule has 148 heavy (non-hydrogen) atoms. The van der Waals surface area contributed by atoms with Gasteiger partial charge in [-0.05, 0) is 0 Å². The van der Waals surface area contributed by atoms with Crippen LogP contribution in [0.1, 0.15) is 34.6 Å². The van der Waals surface area contributed by atoms with Crippen LogP contribution in [-0.2, 0) is 133 Å². The van der Waals surface area contributed by atoms with E-state index in [4.69, 9.17) is 109 Å². The average Bonchev–Trinajstić information content (AvgIpc) is 0.760. The standard InChI is InChI=1S/C82H137N5O61/c1-18(99)83-35-45(109)61(27(10-92)127-71(35)125)145-80-60(124)68(146-82-70(148-75-39(87-22(5)103)49(113)65(31(14-96)135-75)144-79-57(121)53(117)43(107)26(9-91)131-79)59(123)67(33(16-98)137-82)140-73-37(85-20(3)101)47(111)63(29(12-94)133-73)142-77-55(119)51(115)41(105)24(7-89)129-77)44(108)34(138-80)17-126-81-69(147-74-38(86-21(4)102)48(112)64(30(13-95)134-74)143-78-56(120)52(116)42(106)25(8-90)130-78)58(122)66(32(15-97)136-81)139-72-36(84-19(2)100)46(110)62(28(11-93)132-72)141-76-54(118)50(114)40(104)23(6-88)128-76/h23-82,88-98,104-125H,6-17H2,1-5H3,(H,83,99)(H,84,100)(H,85,101)(H,86,102)(H,87,103)/t23-,24-,25-,26-,27-,28-,29-,30-,31-,32-,33-,34-,35-,36-,37-,38-,39-,40+,41+,42+,43+,44-,45-,46-,47-,48-,49-,50+,51+,52+,53+,54-,55-,56+,57-,58+,59+,60+,61-,62-,63-,64-,65-,66-,67-,68+,69+,70+,71-,72+,73+,74+,75+,76+,77+,78+,79+,80+,81+,82-/m1/s1. The lowest BCUT2D eigenvalue weighted by atomic mass is 9.93. The molecule has 12 aliphatic heterocycles. The minimum absolute atomic E-state index is 0.855. The highest BCUT2D eigenvalue weighted by Crippen LogP contribution is 2.44. The van der Waals surface area contributed by atoms with E-state index in [2.05, 4.69) is 26.6 Å². The molecule has 66 heteroatoms. The fourth-order valence-corrected chi connectivity index (χ4v) is 19.3. The number of carbonyl (C=O) groups excluding carboxylic acids is 5. The number of carbonyl (C=O) groups is 5. The molecule has 5 amide bonds. The Morgan fingerprint density at radius 1 is 0.176 bits per heavy atom. The predicted octanol–water partition coefficient (Wildman–Crippen LogP) is -26.4. The van der Waals surface area contributed by atoms with Gasteiger partial charge in [-0.15, -0.1) is 0 Å². The first kappa shape index (κ1) is 122. The molecule has 0 unspecified atom stereocenters. The van der Waals surface area contributed by atoms with Gasteiger partial charge in [0.2, 0.25) is 29.5 Å². The molecule has 66 nitrogen and oxygen atoms in total. The molecule has 856 valence electrons. The highest BCUT2D eigenvalue weighted by molar-refractivity contribution is 5.75. The van der Waals surface area contributed by atoms with Crippen molar-refractivity contribution in [1.82, 2.24) is 26.6 Å². The molecule has 12 rings (SSSR count). The molecular formula is C82H137N5O61. The highest BCUT2D eigenvalue weighted by Gasteiger charge is 2.64. The van der Waals surface area contributed by atoms with Crippen molar-refractivity contribution in [2.24, 2.45) is 0 Å². The maximum Gasteiger partial charge on any atom is 0.217 e. The van der Waals surface area contributed by atoms with E-state index < -0.39 is 477 Å². The van der Waals surface area contributed by atoms with Gasteiger partial charge in [-0.25, -0.2) is 0 Å². The van der Waals surface area contributed by atoms with Gasteiger partial charge in [-0.2, -0.15) is 0 Å². The lowest BCUT2D eigenvalue weighted by molar-refractivity contribution is -0.407. The molecule has 0 bridgehead atoms. The summed E-state index contributed by atoms with van der Waals surface area (Å²) in [4.78, 5) is 66.0. The van der Waals surface area contributed by atoms with E-state index in [0.29, 0.717) is 0 Å². The summed E-state index contributed by atoms with van der Waals surface area (Å²) in [6, 6.07) is -10.3. The van der Waals surface area contributed by atoms with Gasteiger partial charge < -0.3 is 304 Å². The lowest BCUT2D eigenvalue weighted by Crippen LogP contribution is -2.71. The van der Waals surface area contributed by atoms with E-state index in [1.807, 2.05) is 0 Å². The van der Waals surface area contributed by atoms with Gasteiger partial charge in [0.25, 0.3) is 0 Å². The van der Waals surface area contributed by atoms with Crippen molar-refractivity contribution in [1.29, 1.82) is 0 Å². The Balaban J connectivity index is 0.939. The molecule has 12 saturated heterocycles. The summed E-state index contributed by atoms with van der Waals surface area (Å²) >= 11 is 0. The summed E-state index contributed by atoms with van der Waals surface area (Å²) in [7, 11) is 0. The Morgan fingerprint density at radius 2 is 0.365 bits per heavy atom. The van der Waals surface area contributed by atoms with Crippen LogP contribution in [0.3, 0.4) is 0 Å². The molecule has 12 heterocycles. The second-order valence-corrected chi connectivity index (χ2v) is 37.3. The summed E-state index contributed by atoms with van der Waals surface area (Å²) in [6.07, 6.45) is -122. The molecule has 12 fully saturated rings. The third-order valence-electron chi connectivity index (χ3n) is 27.1. The van der Waals surface area contributed by atoms with Crippen LogP contribution in [0.15, 0.2) is 0 Å². The molecule has 0 saturated carbocycles. The van der Waals surface area contributed by atoms with Gasteiger partial charge in [0, 0.05) is 34.6 Å². The first-order chi connectivity index (χ1) is 70.1. The summed E-state index contributed by atoms with van der Waals surface area (Å²) in [5.41, 5.74) is 0. The Bertz CT molecular complexity index is 4130. The second-order valence-electron chi connectivity index (χ2n) is 37.3. The maximum absolute atomic E-state index is 13.5. The normalized spacial score (nSPS) is 49.3. The van der Waals surface area contributed by atoms with Crippen LogP contribution in [0.2, 0.25) is 0 Å². The second kappa shape index (κ2) is 53.4. The highest BCUT2D eigenvalue weighted by atomic mass is 16.8.